The molecule has 0 unspecified atom stereocenters. The van der Waals surface area contributed by atoms with Gasteiger partial charge in [-0.1, -0.05) is 61.0 Å². The van der Waals surface area contributed by atoms with E-state index in [9.17, 15) is 31.2 Å². The van der Waals surface area contributed by atoms with E-state index >= 15 is 0 Å². The van der Waals surface area contributed by atoms with Gasteiger partial charge in [0.2, 0.25) is 11.8 Å². The zero-order chi connectivity index (χ0) is 30.4. The van der Waals surface area contributed by atoms with Gasteiger partial charge in [-0.2, -0.15) is 13.2 Å². The summed E-state index contributed by atoms with van der Waals surface area (Å²) in [7, 11) is -4.49. The van der Waals surface area contributed by atoms with Crippen LogP contribution in [0.15, 0.2) is 83.8 Å². The van der Waals surface area contributed by atoms with Crippen LogP contribution in [0.1, 0.15) is 43.9 Å². The van der Waals surface area contributed by atoms with E-state index in [1.54, 1.807) is 49.4 Å². The second-order valence-electron chi connectivity index (χ2n) is 9.87. The van der Waals surface area contributed by atoms with Crippen molar-refractivity contribution in [1.82, 2.24) is 10.2 Å². The molecule has 0 aromatic heterocycles. The van der Waals surface area contributed by atoms with Gasteiger partial charge in [0.1, 0.15) is 12.6 Å². The fourth-order valence-electron chi connectivity index (χ4n) is 4.03. The number of nitrogens with zero attached hydrogens (tertiary/aromatic N) is 2. The molecule has 220 valence electrons. The molecule has 0 bridgehead atoms. The van der Waals surface area contributed by atoms with Crippen molar-refractivity contribution >= 4 is 27.5 Å². The Kier molecular flexibility index (Phi) is 10.2. The first-order valence-electron chi connectivity index (χ1n) is 13.1. The van der Waals surface area contributed by atoms with Crippen LogP contribution in [0.5, 0.6) is 0 Å². The van der Waals surface area contributed by atoms with Crippen molar-refractivity contribution in [3.05, 3.63) is 95.6 Å². The summed E-state index contributed by atoms with van der Waals surface area (Å²) >= 11 is 0. The molecule has 0 heterocycles. The second kappa shape index (κ2) is 13.2. The molecule has 7 nitrogen and oxygen atoms in total. The minimum atomic E-state index is -4.73. The first kappa shape index (κ1) is 31.7. The van der Waals surface area contributed by atoms with E-state index in [1.165, 1.54) is 30.0 Å². The second-order valence-corrected chi connectivity index (χ2v) is 11.7. The van der Waals surface area contributed by atoms with Crippen molar-refractivity contribution in [2.45, 2.75) is 63.8 Å². The lowest BCUT2D eigenvalue weighted by Gasteiger charge is -2.32. The normalized spacial score (nSPS) is 13.2. The Balaban J connectivity index is 2.07. The van der Waals surface area contributed by atoms with Crippen LogP contribution < -0.4 is 9.62 Å². The number of halogens is 3. The molecular weight excluding hydrogens is 555 g/mol. The van der Waals surface area contributed by atoms with Crippen molar-refractivity contribution in [2.75, 3.05) is 10.8 Å². The van der Waals surface area contributed by atoms with E-state index < -0.39 is 46.2 Å². The van der Waals surface area contributed by atoms with Gasteiger partial charge in [-0.15, -0.1) is 0 Å². The Morgan fingerprint density at radius 2 is 1.56 bits per heavy atom. The molecule has 41 heavy (non-hydrogen) atoms. The Labute approximate surface area is 239 Å². The van der Waals surface area contributed by atoms with Gasteiger partial charge in [0, 0.05) is 12.6 Å². The number of hydrogen-bond donors (Lipinski definition) is 1. The van der Waals surface area contributed by atoms with Crippen molar-refractivity contribution in [1.29, 1.82) is 0 Å². The van der Waals surface area contributed by atoms with E-state index in [-0.39, 0.29) is 23.2 Å². The first-order valence-corrected chi connectivity index (χ1v) is 14.6. The molecule has 0 saturated heterocycles. The van der Waals surface area contributed by atoms with Gasteiger partial charge in [0.25, 0.3) is 10.0 Å². The van der Waals surface area contributed by atoms with E-state index in [2.05, 4.69) is 5.32 Å². The van der Waals surface area contributed by atoms with Crippen LogP contribution in [0, 0.1) is 6.92 Å². The monoisotopic (exact) mass is 589 g/mol. The lowest BCUT2D eigenvalue weighted by Crippen LogP contribution is -2.52. The zero-order valence-electron chi connectivity index (χ0n) is 23.4. The highest BCUT2D eigenvalue weighted by Gasteiger charge is 2.35. The van der Waals surface area contributed by atoms with E-state index in [1.807, 2.05) is 13.8 Å². The van der Waals surface area contributed by atoms with E-state index in [0.717, 1.165) is 17.7 Å². The molecule has 0 aliphatic rings. The average molecular weight is 590 g/mol. The quantitative estimate of drug-likeness (QED) is 0.318. The highest BCUT2D eigenvalue weighted by atomic mass is 32.2. The minimum absolute atomic E-state index is 0.0181. The van der Waals surface area contributed by atoms with Gasteiger partial charge in [0.05, 0.1) is 16.1 Å². The number of hydrogen-bond acceptors (Lipinski definition) is 4. The molecule has 2 atom stereocenters. The molecule has 0 saturated carbocycles. The van der Waals surface area contributed by atoms with Crippen LogP contribution in [-0.2, 0) is 32.3 Å². The lowest BCUT2D eigenvalue weighted by atomic mass is 10.1. The molecule has 0 fully saturated rings. The summed E-state index contributed by atoms with van der Waals surface area (Å²) in [5, 5.41) is 2.83. The average Bonchev–Trinajstić information content (AvgIpc) is 2.94. The summed E-state index contributed by atoms with van der Waals surface area (Å²) in [4.78, 5) is 28.0. The largest absolute Gasteiger partial charge is 0.416 e. The number of rotatable bonds is 11. The number of alkyl halides is 3. The summed E-state index contributed by atoms with van der Waals surface area (Å²) in [5.41, 5.74) is 0.0796. The third kappa shape index (κ3) is 8.09. The fraction of sp³-hybridized carbons (Fsp3) is 0.333. The molecule has 2 amide bonds. The van der Waals surface area contributed by atoms with Crippen LogP contribution in [-0.4, -0.2) is 43.8 Å². The molecule has 0 aliphatic carbocycles. The molecule has 3 aromatic rings. The van der Waals surface area contributed by atoms with Gasteiger partial charge in [-0.25, -0.2) is 8.42 Å². The predicted octanol–water partition coefficient (Wildman–Crippen LogP) is 5.54. The third-order valence-electron chi connectivity index (χ3n) is 6.71. The maximum absolute atomic E-state index is 13.9. The molecule has 0 spiro atoms. The summed E-state index contributed by atoms with van der Waals surface area (Å²) in [5.74, 6) is -1.19. The summed E-state index contributed by atoms with van der Waals surface area (Å²) in [6.45, 7) is 6.16. The van der Waals surface area contributed by atoms with E-state index in [0.29, 0.717) is 22.4 Å². The van der Waals surface area contributed by atoms with Crippen molar-refractivity contribution in [2.24, 2.45) is 0 Å². The predicted molar refractivity (Wildman–Crippen MR) is 152 cm³/mol. The molecule has 1 N–H and O–H groups in total. The van der Waals surface area contributed by atoms with Crippen molar-refractivity contribution < 1.29 is 31.2 Å². The summed E-state index contributed by atoms with van der Waals surface area (Å²) in [6, 6.07) is 17.3. The smallest absolute Gasteiger partial charge is 0.352 e. The number of aryl methyl sites for hydroxylation is 1. The maximum Gasteiger partial charge on any atom is 0.416 e. The van der Waals surface area contributed by atoms with Gasteiger partial charge in [-0.05, 0) is 63.1 Å². The molecule has 3 rings (SSSR count). The Morgan fingerprint density at radius 1 is 0.927 bits per heavy atom. The fourth-order valence-corrected chi connectivity index (χ4v) is 5.44. The van der Waals surface area contributed by atoms with Crippen LogP contribution >= 0.6 is 0 Å². The van der Waals surface area contributed by atoms with Crippen LogP contribution in [0.4, 0.5) is 18.9 Å². The maximum atomic E-state index is 13.9. The van der Waals surface area contributed by atoms with Crippen LogP contribution in [0.3, 0.4) is 0 Å². The van der Waals surface area contributed by atoms with Crippen molar-refractivity contribution in [3.63, 3.8) is 0 Å². The van der Waals surface area contributed by atoms with Gasteiger partial charge in [0.15, 0.2) is 0 Å². The topological polar surface area (TPSA) is 86.8 Å². The van der Waals surface area contributed by atoms with Crippen LogP contribution in [0.2, 0.25) is 0 Å². The number of carbonyl (C=O) groups is 2. The molecule has 11 heteroatoms. The van der Waals surface area contributed by atoms with Gasteiger partial charge >= 0.3 is 6.18 Å². The SMILES string of the molecule is CC[C@@H](C)NC(=O)[C@@H](C)N(Cc1ccccc1)C(=O)CN(c1cccc(C(F)(F)F)c1)S(=O)(=O)c1ccc(C)cc1. The standard InChI is InChI=1S/C30H34F3N3O4S/c1-5-22(3)34-29(38)23(4)35(19-24-10-7-6-8-11-24)28(37)20-36(26-13-9-12-25(18-26)30(31,32)33)41(39,40)27-16-14-21(2)15-17-27/h6-18,22-23H,5,19-20H2,1-4H3,(H,34,38)/t22-,23-/m1/s1. The highest BCUT2D eigenvalue weighted by molar-refractivity contribution is 7.92. The molecule has 0 aliphatic heterocycles. The van der Waals surface area contributed by atoms with Crippen LogP contribution in [0.25, 0.3) is 0 Å². The number of amides is 2. The molecule has 3 aromatic carbocycles. The molecule has 0 radical (unpaired) electrons. The zero-order valence-corrected chi connectivity index (χ0v) is 24.2. The minimum Gasteiger partial charge on any atom is -0.352 e. The van der Waals surface area contributed by atoms with Crippen molar-refractivity contribution in [3.8, 4) is 0 Å². The number of nitrogens with one attached hydrogen (secondary N) is 1. The van der Waals surface area contributed by atoms with E-state index in [4.69, 9.17) is 0 Å². The molecular formula is C30H34F3N3O4S. The Morgan fingerprint density at radius 3 is 2.15 bits per heavy atom. The number of benzene rings is 3. The first-order chi connectivity index (χ1) is 19.2. The highest BCUT2D eigenvalue weighted by Crippen LogP contribution is 2.33. The van der Waals surface area contributed by atoms with Gasteiger partial charge < -0.3 is 10.2 Å². The number of sulfonamides is 1. The number of anilines is 1. The summed E-state index contributed by atoms with van der Waals surface area (Å²) < 4.78 is 69.0. The summed E-state index contributed by atoms with van der Waals surface area (Å²) in [6.07, 6.45) is -4.08. The van der Waals surface area contributed by atoms with Gasteiger partial charge in [-0.3, -0.25) is 13.9 Å². The Bertz CT molecular complexity index is 1450. The number of carbonyl (C=O) groups excluding carboxylic acids is 2. The Hall–Kier alpha value is -3.86. The third-order valence-corrected chi connectivity index (χ3v) is 8.50. The lowest BCUT2D eigenvalue weighted by molar-refractivity contribution is -0.139.